The summed E-state index contributed by atoms with van der Waals surface area (Å²) < 4.78 is 0. The fraction of sp³-hybridized carbons (Fsp3) is 0.429. The molecule has 2 nitrogen and oxygen atoms in total. The predicted molar refractivity (Wildman–Crippen MR) is 102 cm³/mol. The van der Waals surface area contributed by atoms with Gasteiger partial charge < -0.3 is 10.6 Å². The summed E-state index contributed by atoms with van der Waals surface area (Å²) in [7, 11) is 0. The largest absolute Gasteiger partial charge is 0.385 e. The third-order valence-electron chi connectivity index (χ3n) is 4.06. The Morgan fingerprint density at radius 1 is 0.435 bits per heavy atom. The summed E-state index contributed by atoms with van der Waals surface area (Å²) in [5, 5.41) is 6.94. The minimum Gasteiger partial charge on any atom is -0.385 e. The minimum atomic E-state index is 1.09. The molecule has 0 atom stereocenters. The van der Waals surface area contributed by atoms with Gasteiger partial charge in [0.1, 0.15) is 0 Å². The van der Waals surface area contributed by atoms with E-state index in [1.165, 1.54) is 56.3 Å². The Morgan fingerprint density at radius 2 is 0.783 bits per heavy atom. The third kappa shape index (κ3) is 8.29. The smallest absolute Gasteiger partial charge is 0.0340 e. The van der Waals surface area contributed by atoms with Gasteiger partial charge in [0.25, 0.3) is 0 Å². The molecule has 2 aromatic rings. The van der Waals surface area contributed by atoms with E-state index in [0.717, 1.165) is 13.1 Å². The van der Waals surface area contributed by atoms with Crippen LogP contribution in [0.4, 0.5) is 11.4 Å². The third-order valence-corrected chi connectivity index (χ3v) is 4.06. The number of benzene rings is 2. The van der Waals surface area contributed by atoms with E-state index in [4.69, 9.17) is 0 Å². The highest BCUT2D eigenvalue weighted by atomic mass is 14.9. The summed E-state index contributed by atoms with van der Waals surface area (Å²) >= 11 is 0. The number of para-hydroxylation sites is 2. The second kappa shape index (κ2) is 11.6. The average Bonchev–Trinajstić information content (AvgIpc) is 2.61. The molecule has 0 aliphatic heterocycles. The Bertz CT molecular complexity index is 448. The van der Waals surface area contributed by atoms with E-state index in [1.807, 2.05) is 0 Å². The first-order valence-electron chi connectivity index (χ1n) is 9.03. The van der Waals surface area contributed by atoms with Crippen molar-refractivity contribution in [3.8, 4) is 0 Å². The maximum atomic E-state index is 3.47. The zero-order valence-corrected chi connectivity index (χ0v) is 14.1. The molecule has 2 aromatic carbocycles. The molecule has 0 spiro atoms. The van der Waals surface area contributed by atoms with Gasteiger partial charge in [-0.2, -0.15) is 0 Å². The Labute approximate surface area is 141 Å². The van der Waals surface area contributed by atoms with Crippen molar-refractivity contribution in [3.63, 3.8) is 0 Å². The first-order chi connectivity index (χ1) is 11.4. The first kappa shape index (κ1) is 17.4. The summed E-state index contributed by atoms with van der Waals surface area (Å²) in [4.78, 5) is 0. The van der Waals surface area contributed by atoms with Gasteiger partial charge in [0.15, 0.2) is 0 Å². The molecule has 0 amide bonds. The number of unbranched alkanes of at least 4 members (excludes halogenated alkanes) is 6. The number of rotatable bonds is 12. The minimum absolute atomic E-state index is 1.09. The van der Waals surface area contributed by atoms with Crippen molar-refractivity contribution in [3.05, 3.63) is 60.7 Å². The average molecular weight is 310 g/mol. The van der Waals surface area contributed by atoms with E-state index < -0.39 is 0 Å². The van der Waals surface area contributed by atoms with Gasteiger partial charge in [0, 0.05) is 24.5 Å². The fourth-order valence-electron chi connectivity index (χ4n) is 2.71. The van der Waals surface area contributed by atoms with Crippen LogP contribution in [0.1, 0.15) is 44.9 Å². The van der Waals surface area contributed by atoms with Gasteiger partial charge in [-0.15, -0.1) is 0 Å². The van der Waals surface area contributed by atoms with Crippen LogP contribution in [-0.2, 0) is 0 Å². The van der Waals surface area contributed by atoms with Crippen LogP contribution in [-0.4, -0.2) is 13.1 Å². The molecule has 0 bridgehead atoms. The second-order valence-corrected chi connectivity index (χ2v) is 6.06. The van der Waals surface area contributed by atoms with Crippen LogP contribution in [0.25, 0.3) is 0 Å². The molecule has 0 heterocycles. The molecule has 2 rings (SSSR count). The van der Waals surface area contributed by atoms with E-state index in [9.17, 15) is 0 Å². The standard InChI is InChI=1S/C21H30N2/c1(2-4-12-18-22-20-14-8-6-9-15-20)3-5-13-19-23-21-16-10-7-11-17-21/h6-11,14-17,22-23H,1-5,12-13,18-19H2. The van der Waals surface area contributed by atoms with E-state index in [1.54, 1.807) is 0 Å². The molecule has 23 heavy (non-hydrogen) atoms. The maximum absolute atomic E-state index is 3.47. The molecule has 2 heteroatoms. The summed E-state index contributed by atoms with van der Waals surface area (Å²) in [6, 6.07) is 20.9. The number of anilines is 2. The molecule has 124 valence electrons. The summed E-state index contributed by atoms with van der Waals surface area (Å²) in [6.45, 7) is 2.18. The highest BCUT2D eigenvalue weighted by Crippen LogP contribution is 2.10. The Balaban J connectivity index is 1.34. The number of hydrogen-bond acceptors (Lipinski definition) is 2. The Morgan fingerprint density at radius 3 is 1.17 bits per heavy atom. The lowest BCUT2D eigenvalue weighted by atomic mass is 10.1. The Kier molecular flexibility index (Phi) is 8.76. The van der Waals surface area contributed by atoms with Crippen LogP contribution in [0.2, 0.25) is 0 Å². The van der Waals surface area contributed by atoms with Gasteiger partial charge in [-0.05, 0) is 37.1 Å². The molecule has 0 aliphatic carbocycles. The lowest BCUT2D eigenvalue weighted by molar-refractivity contribution is 0.591. The van der Waals surface area contributed by atoms with Crippen LogP contribution >= 0.6 is 0 Å². The number of nitrogens with one attached hydrogen (secondary N) is 2. The van der Waals surface area contributed by atoms with E-state index in [-0.39, 0.29) is 0 Å². The first-order valence-corrected chi connectivity index (χ1v) is 9.03. The van der Waals surface area contributed by atoms with Crippen LogP contribution in [0.3, 0.4) is 0 Å². The van der Waals surface area contributed by atoms with Crippen molar-refractivity contribution in [2.75, 3.05) is 23.7 Å². The van der Waals surface area contributed by atoms with Gasteiger partial charge >= 0.3 is 0 Å². The molecule has 0 aliphatic rings. The van der Waals surface area contributed by atoms with Crippen molar-refractivity contribution < 1.29 is 0 Å². The van der Waals surface area contributed by atoms with Crippen molar-refractivity contribution in [1.82, 2.24) is 0 Å². The van der Waals surface area contributed by atoms with Crippen LogP contribution < -0.4 is 10.6 Å². The lowest BCUT2D eigenvalue weighted by Gasteiger charge is -2.07. The van der Waals surface area contributed by atoms with E-state index in [0.29, 0.717) is 0 Å². The van der Waals surface area contributed by atoms with Crippen molar-refractivity contribution >= 4 is 11.4 Å². The predicted octanol–water partition coefficient (Wildman–Crippen LogP) is 5.94. The van der Waals surface area contributed by atoms with E-state index in [2.05, 4.69) is 71.3 Å². The van der Waals surface area contributed by atoms with Gasteiger partial charge in [-0.3, -0.25) is 0 Å². The van der Waals surface area contributed by atoms with Crippen LogP contribution in [0, 0.1) is 0 Å². The SMILES string of the molecule is c1ccc(NCCCCCCCCCNc2ccccc2)cc1. The molecular weight excluding hydrogens is 280 g/mol. The van der Waals surface area contributed by atoms with Gasteiger partial charge in [0.2, 0.25) is 0 Å². The fourth-order valence-corrected chi connectivity index (χ4v) is 2.71. The van der Waals surface area contributed by atoms with E-state index >= 15 is 0 Å². The molecule has 0 fully saturated rings. The van der Waals surface area contributed by atoms with Crippen molar-refractivity contribution in [2.45, 2.75) is 44.9 Å². The highest BCUT2D eigenvalue weighted by molar-refractivity contribution is 5.42. The lowest BCUT2D eigenvalue weighted by Crippen LogP contribution is -2.01. The normalized spacial score (nSPS) is 10.4. The maximum Gasteiger partial charge on any atom is 0.0340 e. The molecule has 0 saturated heterocycles. The van der Waals surface area contributed by atoms with Crippen LogP contribution in [0.5, 0.6) is 0 Å². The second-order valence-electron chi connectivity index (χ2n) is 6.06. The molecule has 0 unspecified atom stereocenters. The van der Waals surface area contributed by atoms with Gasteiger partial charge in [-0.1, -0.05) is 68.5 Å². The van der Waals surface area contributed by atoms with Gasteiger partial charge in [0.05, 0.1) is 0 Å². The summed E-state index contributed by atoms with van der Waals surface area (Å²) in [5.74, 6) is 0. The van der Waals surface area contributed by atoms with Crippen LogP contribution in [0.15, 0.2) is 60.7 Å². The highest BCUT2D eigenvalue weighted by Gasteiger charge is 1.94. The molecular formula is C21H30N2. The van der Waals surface area contributed by atoms with Crippen molar-refractivity contribution in [1.29, 1.82) is 0 Å². The molecule has 2 N–H and O–H groups in total. The number of hydrogen-bond donors (Lipinski definition) is 2. The molecule has 0 saturated carbocycles. The Hall–Kier alpha value is -1.96. The topological polar surface area (TPSA) is 24.1 Å². The quantitative estimate of drug-likeness (QED) is 0.474. The monoisotopic (exact) mass is 310 g/mol. The zero-order valence-electron chi connectivity index (χ0n) is 14.1. The van der Waals surface area contributed by atoms with Crippen molar-refractivity contribution in [2.24, 2.45) is 0 Å². The summed E-state index contributed by atoms with van der Waals surface area (Å²) in [6.07, 6.45) is 9.31. The summed E-state index contributed by atoms with van der Waals surface area (Å²) in [5.41, 5.74) is 2.47. The molecule has 0 aromatic heterocycles. The van der Waals surface area contributed by atoms with Gasteiger partial charge in [-0.25, -0.2) is 0 Å². The zero-order chi connectivity index (χ0) is 16.0. The molecule has 0 radical (unpaired) electrons.